The molecule has 7 nitrogen and oxygen atoms in total. The molecule has 43 heavy (non-hydrogen) atoms. The van der Waals surface area contributed by atoms with Gasteiger partial charge in [0.2, 0.25) is 5.91 Å². The van der Waals surface area contributed by atoms with E-state index in [1.807, 2.05) is 114 Å². The van der Waals surface area contributed by atoms with Gasteiger partial charge in [-0.05, 0) is 65.9 Å². The minimum atomic E-state index is -0.693. The number of benzene rings is 4. The summed E-state index contributed by atoms with van der Waals surface area (Å²) in [4.78, 5) is 28.6. The van der Waals surface area contributed by atoms with Gasteiger partial charge in [-0.1, -0.05) is 84.9 Å². The van der Waals surface area contributed by atoms with Gasteiger partial charge in [0.25, 0.3) is 5.91 Å². The molecule has 4 aromatic carbocycles. The smallest absolute Gasteiger partial charge is 0.258 e. The van der Waals surface area contributed by atoms with E-state index in [0.29, 0.717) is 18.6 Å². The topological polar surface area (TPSA) is 77.1 Å². The van der Waals surface area contributed by atoms with Crippen LogP contribution in [0.1, 0.15) is 16.7 Å². The van der Waals surface area contributed by atoms with E-state index in [-0.39, 0.29) is 30.5 Å². The molecule has 2 atom stereocenters. The number of hydrogen-bond donors (Lipinski definition) is 1. The number of para-hydroxylation sites is 1. The highest BCUT2D eigenvalue weighted by atomic mass is 16.5. The summed E-state index contributed by atoms with van der Waals surface area (Å²) in [6.07, 6.45) is 5.28. The third kappa shape index (κ3) is 7.63. The largest absolute Gasteiger partial charge is 0.497 e. The van der Waals surface area contributed by atoms with Crippen LogP contribution in [0.4, 0.5) is 0 Å². The highest BCUT2D eigenvalue weighted by Crippen LogP contribution is 2.30. The van der Waals surface area contributed by atoms with Crippen LogP contribution in [0, 0.1) is 0 Å². The molecule has 4 aromatic rings. The fraction of sp³-hybridized carbons (Fsp3) is 0.222. The molecule has 5 rings (SSSR count). The third-order valence-corrected chi connectivity index (χ3v) is 7.55. The van der Waals surface area contributed by atoms with Gasteiger partial charge in [-0.2, -0.15) is 0 Å². The number of methoxy groups -OCH3 is 2. The molecule has 2 unspecified atom stereocenters. The first kappa shape index (κ1) is 29.5. The fourth-order valence-electron chi connectivity index (χ4n) is 5.30. The lowest BCUT2D eigenvalue weighted by Crippen LogP contribution is -2.73. The zero-order valence-corrected chi connectivity index (χ0v) is 24.4. The van der Waals surface area contributed by atoms with Crippen LogP contribution in [0.2, 0.25) is 0 Å². The second-order valence-corrected chi connectivity index (χ2v) is 10.4. The number of rotatable bonds is 13. The molecule has 1 heterocycles. The average molecular weight is 577 g/mol. The van der Waals surface area contributed by atoms with Crippen LogP contribution >= 0.6 is 0 Å². The van der Waals surface area contributed by atoms with Crippen LogP contribution in [0.25, 0.3) is 6.08 Å². The molecular weight excluding hydrogens is 540 g/mol. The Morgan fingerprint density at radius 3 is 1.84 bits per heavy atom. The van der Waals surface area contributed by atoms with Crippen molar-refractivity contribution in [1.82, 2.24) is 10.2 Å². The van der Waals surface area contributed by atoms with E-state index in [2.05, 4.69) is 5.32 Å². The normalized spacial score (nSPS) is 16.2. The Morgan fingerprint density at radius 2 is 1.30 bits per heavy atom. The number of hydrogen-bond acceptors (Lipinski definition) is 5. The van der Waals surface area contributed by atoms with Crippen molar-refractivity contribution in [3.63, 3.8) is 0 Å². The Labute approximate surface area is 252 Å². The summed E-state index contributed by atoms with van der Waals surface area (Å²) in [5, 5.41) is 2.93. The van der Waals surface area contributed by atoms with Crippen molar-refractivity contribution < 1.29 is 23.8 Å². The first-order chi connectivity index (χ1) is 21.0. The highest BCUT2D eigenvalue weighted by Gasteiger charge is 2.49. The quantitative estimate of drug-likeness (QED) is 0.217. The summed E-state index contributed by atoms with van der Waals surface area (Å²) >= 11 is 0. The molecule has 1 saturated heterocycles. The maximum atomic E-state index is 13.8. The standard InChI is InChI=1S/C36H36N2O5/c1-41-30-18-13-27(14-19-30)23-29(24-28-15-20-31(42-2)21-16-28)38-33(22-17-26-9-5-3-6-10-26)35(36(38)40)37-34(39)25-43-32-11-7-4-8-12-32/h3-22,29,33,35H,23-25H2,1-2H3,(H,37,39). The summed E-state index contributed by atoms with van der Waals surface area (Å²) in [6.45, 7) is -0.177. The first-order valence-electron chi connectivity index (χ1n) is 14.3. The second kappa shape index (κ2) is 14.2. The first-order valence-corrected chi connectivity index (χ1v) is 14.3. The molecule has 2 amide bonds. The van der Waals surface area contributed by atoms with E-state index in [0.717, 1.165) is 28.2 Å². The molecule has 7 heteroatoms. The van der Waals surface area contributed by atoms with Crippen LogP contribution in [-0.2, 0) is 22.4 Å². The fourth-order valence-corrected chi connectivity index (χ4v) is 5.30. The number of carbonyl (C=O) groups is 2. The van der Waals surface area contributed by atoms with Crippen molar-refractivity contribution in [3.8, 4) is 17.2 Å². The van der Waals surface area contributed by atoms with Crippen LogP contribution in [0.3, 0.4) is 0 Å². The van der Waals surface area contributed by atoms with Crippen molar-refractivity contribution in [1.29, 1.82) is 0 Å². The Morgan fingerprint density at radius 1 is 0.767 bits per heavy atom. The Hall–Kier alpha value is -5.04. The van der Waals surface area contributed by atoms with Crippen molar-refractivity contribution in [2.24, 2.45) is 0 Å². The highest BCUT2D eigenvalue weighted by molar-refractivity contribution is 5.95. The van der Waals surface area contributed by atoms with Gasteiger partial charge in [0.1, 0.15) is 23.3 Å². The number of nitrogens with one attached hydrogen (secondary N) is 1. The summed E-state index contributed by atoms with van der Waals surface area (Å²) < 4.78 is 16.3. The molecule has 0 radical (unpaired) electrons. The van der Waals surface area contributed by atoms with Gasteiger partial charge < -0.3 is 24.4 Å². The molecule has 0 aliphatic carbocycles. The lowest BCUT2D eigenvalue weighted by atomic mass is 9.87. The molecule has 1 aliphatic rings. The molecule has 1 aliphatic heterocycles. The molecule has 220 valence electrons. The van der Waals surface area contributed by atoms with Crippen molar-refractivity contribution >= 4 is 17.9 Å². The van der Waals surface area contributed by atoms with Crippen LogP contribution in [0.5, 0.6) is 17.2 Å². The Balaban J connectivity index is 1.39. The number of ether oxygens (including phenoxy) is 3. The monoisotopic (exact) mass is 576 g/mol. The van der Waals surface area contributed by atoms with Gasteiger partial charge in [-0.3, -0.25) is 9.59 Å². The Bertz CT molecular complexity index is 1460. The third-order valence-electron chi connectivity index (χ3n) is 7.55. The van der Waals surface area contributed by atoms with E-state index in [1.165, 1.54) is 0 Å². The molecular formula is C36H36N2O5. The lowest BCUT2D eigenvalue weighted by Gasteiger charge is -2.50. The van der Waals surface area contributed by atoms with Gasteiger partial charge in [0.15, 0.2) is 6.61 Å². The number of likely N-dealkylation sites (tertiary alicyclic amines) is 1. The van der Waals surface area contributed by atoms with Crippen molar-refractivity contribution in [2.75, 3.05) is 20.8 Å². The number of carbonyl (C=O) groups excluding carboxylic acids is 2. The molecule has 0 aromatic heterocycles. The zero-order valence-electron chi connectivity index (χ0n) is 24.4. The van der Waals surface area contributed by atoms with E-state index >= 15 is 0 Å². The second-order valence-electron chi connectivity index (χ2n) is 10.4. The van der Waals surface area contributed by atoms with Crippen LogP contribution in [-0.4, -0.2) is 55.7 Å². The summed E-state index contributed by atoms with van der Waals surface area (Å²) in [5.41, 5.74) is 3.18. The predicted molar refractivity (Wildman–Crippen MR) is 167 cm³/mol. The van der Waals surface area contributed by atoms with Crippen LogP contribution < -0.4 is 19.5 Å². The average Bonchev–Trinajstić information content (AvgIpc) is 3.06. The maximum absolute atomic E-state index is 13.8. The van der Waals surface area contributed by atoms with Gasteiger partial charge in [-0.15, -0.1) is 0 Å². The van der Waals surface area contributed by atoms with Crippen LogP contribution in [0.15, 0.2) is 115 Å². The van der Waals surface area contributed by atoms with E-state index < -0.39 is 6.04 Å². The SMILES string of the molecule is COc1ccc(CC(Cc2ccc(OC)cc2)N2C(=O)C(NC(=O)COc3ccccc3)C2C=Cc2ccccc2)cc1. The van der Waals surface area contributed by atoms with Gasteiger partial charge >= 0.3 is 0 Å². The lowest BCUT2D eigenvalue weighted by molar-refractivity contribution is -0.154. The summed E-state index contributed by atoms with van der Waals surface area (Å²) in [6, 6.07) is 33.7. The summed E-state index contributed by atoms with van der Waals surface area (Å²) in [5.74, 6) is 1.68. The van der Waals surface area contributed by atoms with E-state index in [4.69, 9.17) is 14.2 Å². The number of nitrogens with zero attached hydrogens (tertiary/aromatic N) is 1. The number of β-lactam (4-membered cyclic amide) rings is 1. The predicted octanol–water partition coefficient (Wildman–Crippen LogP) is 5.35. The van der Waals surface area contributed by atoms with E-state index in [9.17, 15) is 9.59 Å². The van der Waals surface area contributed by atoms with Gasteiger partial charge in [0, 0.05) is 6.04 Å². The van der Waals surface area contributed by atoms with Crippen molar-refractivity contribution in [2.45, 2.75) is 31.0 Å². The van der Waals surface area contributed by atoms with E-state index in [1.54, 1.807) is 26.4 Å². The molecule has 0 spiro atoms. The summed E-state index contributed by atoms with van der Waals surface area (Å²) in [7, 11) is 3.28. The zero-order chi connectivity index (χ0) is 30.0. The Kier molecular flexibility index (Phi) is 9.74. The molecule has 1 fully saturated rings. The minimum Gasteiger partial charge on any atom is -0.497 e. The minimum absolute atomic E-state index is 0.122. The molecule has 0 saturated carbocycles. The maximum Gasteiger partial charge on any atom is 0.258 e. The molecule has 0 bridgehead atoms. The van der Waals surface area contributed by atoms with Gasteiger partial charge in [0.05, 0.1) is 20.3 Å². The molecule has 1 N–H and O–H groups in total. The number of amides is 2. The van der Waals surface area contributed by atoms with Gasteiger partial charge in [-0.25, -0.2) is 0 Å². The van der Waals surface area contributed by atoms with Crippen molar-refractivity contribution in [3.05, 3.63) is 132 Å².